The fourth-order valence-corrected chi connectivity index (χ4v) is 13.3. The Morgan fingerprint density at radius 1 is 0.400 bits per heavy atom. The Bertz CT molecular complexity index is 4170. The lowest BCUT2D eigenvalue weighted by molar-refractivity contribution is -0.0690. The van der Waals surface area contributed by atoms with Crippen molar-refractivity contribution in [2.24, 2.45) is 0 Å². The SMILES string of the molecule is Nc1ncnc2c1ncn2[C@@H]1O[C@H](COP(=O)(O)O[C@@H]2[C@H](O)[C@@H](COP(=O)(O)CO[C@@H]3[C@@H](O)[C@@H](COP(=O)(O)O[C@@H]4[C@H](O)[C@@H](COP(=O)(O)O)O[C@H]4n4cnc5c(N)ncnc54)O[C@H]3n3cnc4c(N)ncnc43)O[C@H]2n2cnc3c(N)ncnc32)[C@@H](O)[C@H]1O. The summed E-state index contributed by atoms with van der Waals surface area (Å²) in [6.07, 6.45) is -20.3. The summed E-state index contributed by atoms with van der Waals surface area (Å²) in [6, 6.07) is 0. The molecule has 0 saturated carbocycles. The smallest absolute Gasteiger partial charge is 0.387 e. The van der Waals surface area contributed by atoms with E-state index in [0.717, 1.165) is 53.4 Å². The van der Waals surface area contributed by atoms with Gasteiger partial charge in [-0.15, -0.1) is 0 Å². The van der Waals surface area contributed by atoms with E-state index in [1.807, 2.05) is 0 Å². The summed E-state index contributed by atoms with van der Waals surface area (Å²) in [6.45, 7) is -3.93. The predicted octanol–water partition coefficient (Wildman–Crippen LogP) is -4.27. The minimum Gasteiger partial charge on any atom is -0.387 e. The van der Waals surface area contributed by atoms with Crippen molar-refractivity contribution in [1.82, 2.24) is 78.1 Å². The van der Waals surface area contributed by atoms with Gasteiger partial charge < -0.3 is 101 Å². The standard InChI is InChI=1S/C41H52N20O25P4/c42-30-18-34(50-5-46-30)58(9-54-18)38-26(66)22(62)14(81-38)3-79-89(72,73)85-28-24(64)15(83-40(28)60-11-56-20-32(44)48-7-52-36(20)60)1-77-87(67,68)13-76-27-23(63)17(82-39(27)59-10-55-19-31(43)47-6-51-35(19)59)4-80-90(74,75)86-29-25(65)16(2-78-88(69,70)71)84-41(29)61-12-57-21-33(45)49-8-53-37(21)61/h5-12,14-17,22-29,38-41,62-66H,1-4,13H2,(H,67,68)(H,72,73)(H,74,75)(H2,42,46,50)(H2,43,47,51)(H2,44,48,52)(H2,45,49,53)(H2,69,70,71)/t14-,15-,16-,17-,22-,23+,24-,25-,26-,27-,28-,29-,38-,39-,40-,41-/m1/s1. The van der Waals surface area contributed by atoms with Crippen molar-refractivity contribution in [1.29, 1.82) is 0 Å². The van der Waals surface area contributed by atoms with Gasteiger partial charge >= 0.3 is 31.1 Å². The molecule has 0 aliphatic carbocycles. The highest BCUT2D eigenvalue weighted by atomic mass is 31.2. The van der Waals surface area contributed by atoms with Crippen molar-refractivity contribution in [2.75, 3.05) is 55.7 Å². The van der Waals surface area contributed by atoms with Crippen LogP contribution < -0.4 is 22.9 Å². The van der Waals surface area contributed by atoms with Gasteiger partial charge in [0, 0.05) is 0 Å². The van der Waals surface area contributed by atoms with Gasteiger partial charge in [-0.2, -0.15) is 0 Å². The summed E-state index contributed by atoms with van der Waals surface area (Å²) in [5.74, 6) is -0.306. The van der Waals surface area contributed by atoms with Crippen LogP contribution in [-0.2, 0) is 69.1 Å². The monoisotopic (exact) mass is 1350 g/mol. The molecule has 3 unspecified atom stereocenters. The molecule has 90 heavy (non-hydrogen) atoms. The number of nitrogens with two attached hydrogens (primary N) is 4. The summed E-state index contributed by atoms with van der Waals surface area (Å²) in [4.78, 5) is 101. The minimum absolute atomic E-state index is 0.00836. The van der Waals surface area contributed by atoms with Crippen molar-refractivity contribution < 1.29 is 119 Å². The van der Waals surface area contributed by atoms with Crippen LogP contribution in [0.15, 0.2) is 50.6 Å². The minimum atomic E-state index is -5.48. The number of aliphatic hydroxyl groups excluding tert-OH is 5. The molecule has 0 aromatic carbocycles. The number of phosphoric ester groups is 3. The number of anilines is 4. The van der Waals surface area contributed by atoms with Crippen LogP contribution in [0.25, 0.3) is 44.7 Å². The van der Waals surface area contributed by atoms with E-state index in [2.05, 4.69) is 64.3 Å². The zero-order valence-electron chi connectivity index (χ0n) is 45.2. The molecule has 0 amide bonds. The lowest BCUT2D eigenvalue weighted by Crippen LogP contribution is -2.37. The highest BCUT2D eigenvalue weighted by molar-refractivity contribution is 7.52. The molecule has 4 saturated heterocycles. The quantitative estimate of drug-likeness (QED) is 0.0270. The average molecular weight is 1350 g/mol. The number of nitrogens with zero attached hydrogens (tertiary/aromatic N) is 16. The Hall–Kier alpha value is -6.52. The Kier molecular flexibility index (Phi) is 17.3. The fourth-order valence-electron chi connectivity index (χ4n) is 10.3. The number of ether oxygens (including phenoxy) is 5. The third-order valence-electron chi connectivity index (χ3n) is 14.5. The van der Waals surface area contributed by atoms with Gasteiger partial charge in [-0.05, 0) is 0 Å². The summed E-state index contributed by atoms with van der Waals surface area (Å²) in [7, 11) is -21.2. The Balaban J connectivity index is 0.730. The molecule has 0 spiro atoms. The molecule has 49 heteroatoms. The number of aromatic nitrogens is 16. The number of nitrogen functional groups attached to an aromatic ring is 4. The molecule has 12 rings (SSSR count). The molecule has 18 N–H and O–H groups in total. The lowest BCUT2D eigenvalue weighted by atomic mass is 10.1. The Morgan fingerprint density at radius 2 is 0.711 bits per heavy atom. The van der Waals surface area contributed by atoms with Gasteiger partial charge in [0.15, 0.2) is 70.8 Å². The van der Waals surface area contributed by atoms with Crippen molar-refractivity contribution >= 4 is 99.0 Å². The molecule has 4 aliphatic rings. The second-order valence-electron chi connectivity index (χ2n) is 20.2. The molecular weight excluding hydrogens is 1300 g/mol. The van der Waals surface area contributed by atoms with E-state index in [-0.39, 0.29) is 67.9 Å². The normalized spacial score (nSPS) is 31.1. The van der Waals surface area contributed by atoms with Crippen molar-refractivity contribution in [3.63, 3.8) is 0 Å². The van der Waals surface area contributed by atoms with Crippen LogP contribution in [0.4, 0.5) is 23.3 Å². The first-order chi connectivity index (χ1) is 42.7. The second kappa shape index (κ2) is 24.5. The summed E-state index contributed by atoms with van der Waals surface area (Å²) in [5.41, 5.74) is 24.1. The largest absolute Gasteiger partial charge is 0.472 e. The molecular formula is C41H52N20O25P4. The first-order valence-corrected chi connectivity index (χ1v) is 32.3. The molecule has 19 atom stereocenters. The molecule has 4 fully saturated rings. The summed E-state index contributed by atoms with van der Waals surface area (Å²) >= 11 is 0. The maximum atomic E-state index is 13.9. The number of aliphatic hydroxyl groups is 5. The first kappa shape index (κ1) is 63.6. The number of rotatable bonds is 23. The molecule has 8 aromatic heterocycles. The van der Waals surface area contributed by atoms with Gasteiger partial charge in [0.1, 0.15) is 127 Å². The Labute approximate surface area is 499 Å². The topological polar surface area (TPSA) is 651 Å². The molecule has 45 nitrogen and oxygen atoms in total. The molecule has 4 aliphatic heterocycles. The second-order valence-corrected chi connectivity index (χ2v) is 26.0. The van der Waals surface area contributed by atoms with E-state index in [1.165, 1.54) is 15.5 Å². The molecule has 0 radical (unpaired) electrons. The van der Waals surface area contributed by atoms with E-state index in [4.69, 9.17) is 69.2 Å². The van der Waals surface area contributed by atoms with Crippen LogP contribution in [0.5, 0.6) is 0 Å². The number of hydrogen-bond acceptors (Lipinski definition) is 36. The van der Waals surface area contributed by atoms with E-state index in [0.29, 0.717) is 0 Å². The maximum absolute atomic E-state index is 13.9. The van der Waals surface area contributed by atoms with Gasteiger partial charge in [0.2, 0.25) is 0 Å². The third kappa shape index (κ3) is 12.5. The van der Waals surface area contributed by atoms with Crippen LogP contribution in [0.2, 0.25) is 0 Å². The number of imidazole rings is 4. The van der Waals surface area contributed by atoms with E-state index >= 15 is 0 Å². The van der Waals surface area contributed by atoms with Gasteiger partial charge in [-0.25, -0.2) is 73.5 Å². The third-order valence-corrected chi connectivity index (χ3v) is 18.0. The van der Waals surface area contributed by atoms with Gasteiger partial charge in [-0.1, -0.05) is 0 Å². The molecule has 486 valence electrons. The molecule has 8 aromatic rings. The maximum Gasteiger partial charge on any atom is 0.472 e. The van der Waals surface area contributed by atoms with E-state index in [9.17, 15) is 68.3 Å². The van der Waals surface area contributed by atoms with E-state index in [1.54, 1.807) is 0 Å². The summed E-state index contributed by atoms with van der Waals surface area (Å²) < 4.78 is 119. The zero-order valence-corrected chi connectivity index (χ0v) is 48.8. The first-order valence-electron chi connectivity index (χ1n) is 26.0. The fraction of sp³-hybridized carbons (Fsp3) is 0.512. The number of fused-ring (bicyclic) bond motifs is 4. The summed E-state index contributed by atoms with van der Waals surface area (Å²) in [5, 5.41) is 56.7. The number of hydrogen-bond donors (Lipinski definition) is 14. The van der Waals surface area contributed by atoms with Gasteiger partial charge in [0.25, 0.3) is 0 Å². The molecule has 0 bridgehead atoms. The van der Waals surface area contributed by atoms with Crippen LogP contribution in [0.3, 0.4) is 0 Å². The highest BCUT2D eigenvalue weighted by Gasteiger charge is 2.54. The van der Waals surface area contributed by atoms with Crippen molar-refractivity contribution in [3.05, 3.63) is 50.6 Å². The number of phosphoric acid groups is 3. The lowest BCUT2D eigenvalue weighted by Gasteiger charge is -2.25. The predicted molar refractivity (Wildman–Crippen MR) is 289 cm³/mol. The van der Waals surface area contributed by atoms with Crippen molar-refractivity contribution in [3.8, 4) is 0 Å². The van der Waals surface area contributed by atoms with Gasteiger partial charge in [0.05, 0.1) is 51.7 Å². The molecule has 12 heterocycles. The average Bonchev–Trinajstić information content (AvgIpc) is 1.66. The van der Waals surface area contributed by atoms with Crippen molar-refractivity contribution in [2.45, 2.75) is 98.2 Å². The van der Waals surface area contributed by atoms with Gasteiger partial charge in [-0.3, -0.25) is 45.5 Å². The zero-order chi connectivity index (χ0) is 63.9. The van der Waals surface area contributed by atoms with Crippen LogP contribution in [0.1, 0.15) is 24.9 Å². The van der Waals surface area contributed by atoms with E-state index < -0.39 is 162 Å². The Morgan fingerprint density at radius 3 is 1.09 bits per heavy atom. The van der Waals surface area contributed by atoms with Crippen LogP contribution >= 0.6 is 31.1 Å². The van der Waals surface area contributed by atoms with Crippen LogP contribution in [0, 0.1) is 0 Å². The highest BCUT2D eigenvalue weighted by Crippen LogP contribution is 2.53. The van der Waals surface area contributed by atoms with Crippen LogP contribution in [-0.4, -0.2) is 234 Å².